The topological polar surface area (TPSA) is 46.6 Å². The van der Waals surface area contributed by atoms with Crippen molar-refractivity contribution in [3.05, 3.63) is 23.8 Å². The van der Waals surface area contributed by atoms with E-state index in [-0.39, 0.29) is 16.7 Å². The summed E-state index contributed by atoms with van der Waals surface area (Å²) in [7, 11) is -1.95. The molecule has 114 valence electrons. The van der Waals surface area contributed by atoms with E-state index in [4.69, 9.17) is 16.3 Å². The fourth-order valence-electron chi connectivity index (χ4n) is 1.97. The predicted octanol–water partition coefficient (Wildman–Crippen LogP) is 3.10. The van der Waals surface area contributed by atoms with E-state index in [1.165, 1.54) is 11.4 Å². The number of alkyl halides is 1. The molecule has 6 heteroatoms. The van der Waals surface area contributed by atoms with E-state index in [0.717, 1.165) is 0 Å². The number of ether oxygens (including phenoxy) is 1. The Labute approximate surface area is 126 Å². The van der Waals surface area contributed by atoms with Gasteiger partial charge in [0.15, 0.2) is 0 Å². The van der Waals surface area contributed by atoms with Gasteiger partial charge in [-0.25, -0.2) is 8.42 Å². The number of benzene rings is 1. The molecular formula is C14H22ClNO3S. The van der Waals surface area contributed by atoms with Crippen molar-refractivity contribution in [2.24, 2.45) is 5.92 Å². The molecule has 0 amide bonds. The van der Waals surface area contributed by atoms with Gasteiger partial charge in [0.1, 0.15) is 5.75 Å². The fraction of sp³-hybridized carbons (Fsp3) is 0.571. The lowest BCUT2D eigenvalue weighted by Gasteiger charge is -2.22. The summed E-state index contributed by atoms with van der Waals surface area (Å²) in [5.41, 5.74) is 0.677. The molecule has 1 aromatic carbocycles. The fourth-order valence-corrected chi connectivity index (χ4v) is 3.85. The van der Waals surface area contributed by atoms with E-state index in [2.05, 4.69) is 0 Å². The summed E-state index contributed by atoms with van der Waals surface area (Å²) in [6, 6.07) is 4.80. The standard InChI is InChI=1S/C14H22ClNO3S/c1-5-16(10-11(2)3)20(17,18)13-6-7-14(19-4)12(8-13)9-15/h6-8,11H,5,9-10H2,1-4H3. The third kappa shape index (κ3) is 3.87. The second kappa shape index (κ2) is 7.29. The number of rotatable bonds is 7. The third-order valence-corrected chi connectivity index (χ3v) is 5.18. The minimum absolute atomic E-state index is 0.211. The first-order chi connectivity index (χ1) is 9.36. The molecule has 0 aliphatic carbocycles. The summed E-state index contributed by atoms with van der Waals surface area (Å²) in [6.45, 7) is 6.78. The Balaban J connectivity index is 3.20. The number of methoxy groups -OCH3 is 1. The number of nitrogens with zero attached hydrogens (tertiary/aromatic N) is 1. The third-order valence-electron chi connectivity index (χ3n) is 2.96. The summed E-state index contributed by atoms with van der Waals surface area (Å²) in [4.78, 5) is 0.261. The van der Waals surface area contributed by atoms with Gasteiger partial charge in [0.2, 0.25) is 10.0 Å². The molecule has 0 spiro atoms. The van der Waals surface area contributed by atoms with Crippen molar-refractivity contribution in [3.63, 3.8) is 0 Å². The Morgan fingerprint density at radius 3 is 2.45 bits per heavy atom. The lowest BCUT2D eigenvalue weighted by Crippen LogP contribution is -2.34. The zero-order chi connectivity index (χ0) is 15.3. The summed E-state index contributed by atoms with van der Waals surface area (Å²) in [6.07, 6.45) is 0. The maximum atomic E-state index is 12.6. The van der Waals surface area contributed by atoms with E-state index in [1.54, 1.807) is 18.2 Å². The highest BCUT2D eigenvalue weighted by molar-refractivity contribution is 7.89. The van der Waals surface area contributed by atoms with Gasteiger partial charge in [-0.1, -0.05) is 20.8 Å². The highest BCUT2D eigenvalue weighted by Gasteiger charge is 2.24. The quantitative estimate of drug-likeness (QED) is 0.725. The van der Waals surface area contributed by atoms with Gasteiger partial charge in [-0.15, -0.1) is 11.6 Å². The lowest BCUT2D eigenvalue weighted by atomic mass is 10.2. The van der Waals surface area contributed by atoms with Crippen LogP contribution in [0.5, 0.6) is 5.75 Å². The smallest absolute Gasteiger partial charge is 0.243 e. The molecular weight excluding hydrogens is 298 g/mol. The summed E-state index contributed by atoms with van der Waals surface area (Å²) in [5, 5.41) is 0. The highest BCUT2D eigenvalue weighted by Crippen LogP contribution is 2.26. The van der Waals surface area contributed by atoms with Crippen LogP contribution >= 0.6 is 11.6 Å². The molecule has 0 N–H and O–H groups in total. The molecule has 0 saturated heterocycles. The molecule has 0 heterocycles. The van der Waals surface area contributed by atoms with Crippen molar-refractivity contribution >= 4 is 21.6 Å². The summed E-state index contributed by atoms with van der Waals surface area (Å²) >= 11 is 5.84. The minimum atomic E-state index is -3.48. The number of sulfonamides is 1. The molecule has 0 aliphatic heterocycles. The molecule has 0 aliphatic rings. The Hall–Kier alpha value is -0.780. The molecule has 0 unspecified atom stereocenters. The van der Waals surface area contributed by atoms with Gasteiger partial charge in [-0.3, -0.25) is 0 Å². The van der Waals surface area contributed by atoms with Gasteiger partial charge in [0.25, 0.3) is 0 Å². The van der Waals surface area contributed by atoms with Crippen LogP contribution in [0.4, 0.5) is 0 Å². The Kier molecular flexibility index (Phi) is 6.30. The van der Waals surface area contributed by atoms with Crippen LogP contribution in [-0.4, -0.2) is 32.9 Å². The minimum Gasteiger partial charge on any atom is -0.496 e. The van der Waals surface area contributed by atoms with Gasteiger partial charge in [-0.2, -0.15) is 4.31 Å². The maximum absolute atomic E-state index is 12.6. The van der Waals surface area contributed by atoms with Crippen molar-refractivity contribution in [2.45, 2.75) is 31.5 Å². The zero-order valence-corrected chi connectivity index (χ0v) is 14.0. The van der Waals surface area contributed by atoms with Gasteiger partial charge in [0, 0.05) is 18.7 Å². The number of hydrogen-bond donors (Lipinski definition) is 0. The second-order valence-corrected chi connectivity index (χ2v) is 7.16. The highest BCUT2D eigenvalue weighted by atomic mass is 35.5. The van der Waals surface area contributed by atoms with Crippen LogP contribution in [0.1, 0.15) is 26.3 Å². The SMILES string of the molecule is CCN(CC(C)C)S(=O)(=O)c1ccc(OC)c(CCl)c1. The first kappa shape index (κ1) is 17.3. The van der Waals surface area contributed by atoms with Gasteiger partial charge < -0.3 is 4.74 Å². The van der Waals surface area contributed by atoms with Crippen molar-refractivity contribution in [1.29, 1.82) is 0 Å². The molecule has 0 radical (unpaired) electrons. The normalized spacial score (nSPS) is 12.2. The van der Waals surface area contributed by atoms with E-state index < -0.39 is 10.0 Å². The molecule has 0 saturated carbocycles. The van der Waals surface area contributed by atoms with Crippen LogP contribution in [0.25, 0.3) is 0 Å². The van der Waals surface area contributed by atoms with Crippen molar-refractivity contribution in [2.75, 3.05) is 20.2 Å². The van der Waals surface area contributed by atoms with Crippen molar-refractivity contribution in [1.82, 2.24) is 4.31 Å². The first-order valence-corrected chi connectivity index (χ1v) is 8.57. The molecule has 0 fully saturated rings. The monoisotopic (exact) mass is 319 g/mol. The van der Waals surface area contributed by atoms with E-state index >= 15 is 0 Å². The van der Waals surface area contributed by atoms with Crippen LogP contribution < -0.4 is 4.74 Å². The van der Waals surface area contributed by atoms with Crippen LogP contribution in [-0.2, 0) is 15.9 Å². The van der Waals surface area contributed by atoms with Crippen molar-refractivity contribution in [3.8, 4) is 5.75 Å². The Bertz CT molecular complexity index is 543. The van der Waals surface area contributed by atoms with Crippen LogP contribution in [0.15, 0.2) is 23.1 Å². The second-order valence-electron chi connectivity index (χ2n) is 4.96. The molecule has 0 aromatic heterocycles. The average Bonchev–Trinajstić information content (AvgIpc) is 2.43. The zero-order valence-electron chi connectivity index (χ0n) is 12.4. The number of hydrogen-bond acceptors (Lipinski definition) is 3. The predicted molar refractivity (Wildman–Crippen MR) is 81.8 cm³/mol. The van der Waals surface area contributed by atoms with E-state index in [9.17, 15) is 8.42 Å². The summed E-state index contributed by atoms with van der Waals surface area (Å²) in [5.74, 6) is 1.09. The van der Waals surface area contributed by atoms with E-state index in [1.807, 2.05) is 20.8 Å². The lowest BCUT2D eigenvalue weighted by molar-refractivity contribution is 0.380. The Morgan fingerprint density at radius 1 is 1.35 bits per heavy atom. The molecule has 4 nitrogen and oxygen atoms in total. The maximum Gasteiger partial charge on any atom is 0.243 e. The molecule has 1 rings (SSSR count). The van der Waals surface area contributed by atoms with Crippen molar-refractivity contribution < 1.29 is 13.2 Å². The van der Waals surface area contributed by atoms with Crippen LogP contribution in [0.2, 0.25) is 0 Å². The molecule has 0 bridgehead atoms. The number of halogens is 1. The van der Waals surface area contributed by atoms with Crippen LogP contribution in [0.3, 0.4) is 0 Å². The van der Waals surface area contributed by atoms with Crippen LogP contribution in [0, 0.1) is 5.92 Å². The van der Waals surface area contributed by atoms with Gasteiger partial charge in [0.05, 0.1) is 17.9 Å². The van der Waals surface area contributed by atoms with E-state index in [0.29, 0.717) is 24.4 Å². The molecule has 1 aromatic rings. The largest absolute Gasteiger partial charge is 0.496 e. The molecule has 0 atom stereocenters. The van der Waals surface area contributed by atoms with Gasteiger partial charge >= 0.3 is 0 Å². The summed E-state index contributed by atoms with van der Waals surface area (Å²) < 4.78 is 31.9. The average molecular weight is 320 g/mol. The molecule has 20 heavy (non-hydrogen) atoms. The first-order valence-electron chi connectivity index (χ1n) is 6.59. The Morgan fingerprint density at radius 2 is 2.00 bits per heavy atom. The van der Waals surface area contributed by atoms with Gasteiger partial charge in [-0.05, 0) is 24.1 Å².